The third-order valence-electron chi connectivity index (χ3n) is 8.92. The molecule has 3 saturated carbocycles. The largest absolute Gasteiger partial charge is 0.393 e. The highest BCUT2D eigenvalue weighted by molar-refractivity contribution is 5.37. The van der Waals surface area contributed by atoms with Crippen LogP contribution in [0.3, 0.4) is 0 Å². The lowest BCUT2D eigenvalue weighted by Gasteiger charge is -2.52. The molecule has 3 fully saturated rings. The topological polar surface area (TPSA) is 60.7 Å². The van der Waals surface area contributed by atoms with E-state index in [1.165, 1.54) is 5.57 Å². The normalized spacial score (nSPS) is 40.0. The summed E-state index contributed by atoms with van der Waals surface area (Å²) in [6.07, 6.45) is 14.9. The third-order valence-corrected chi connectivity index (χ3v) is 8.92. The predicted molar refractivity (Wildman–Crippen MR) is 129 cm³/mol. The van der Waals surface area contributed by atoms with Crippen LogP contribution in [0, 0.1) is 23.2 Å². The molecular weight excluding hydrogens is 384 g/mol. The monoisotopic (exact) mass is 428 g/mol. The van der Waals surface area contributed by atoms with Crippen LogP contribution in [0.1, 0.15) is 86.0 Å². The van der Waals surface area contributed by atoms with Gasteiger partial charge in [-0.25, -0.2) is 0 Å². The Morgan fingerprint density at radius 1 is 1.13 bits per heavy atom. The van der Waals surface area contributed by atoms with Crippen LogP contribution in [0.4, 0.5) is 0 Å². The van der Waals surface area contributed by atoms with Gasteiger partial charge in [-0.05, 0) is 81.6 Å². The molecule has 0 aromatic rings. The summed E-state index contributed by atoms with van der Waals surface area (Å²) in [5.41, 5.74) is 0.908. The first-order valence-corrected chi connectivity index (χ1v) is 12.3. The lowest BCUT2D eigenvalue weighted by Crippen LogP contribution is -2.60. The van der Waals surface area contributed by atoms with E-state index in [-0.39, 0.29) is 17.4 Å². The Labute approximate surface area is 189 Å². The van der Waals surface area contributed by atoms with Crippen molar-refractivity contribution < 1.29 is 15.3 Å². The van der Waals surface area contributed by atoms with E-state index >= 15 is 0 Å². The molecule has 6 atom stereocenters. The minimum Gasteiger partial charge on any atom is -0.393 e. The molecule has 31 heavy (non-hydrogen) atoms. The van der Waals surface area contributed by atoms with Crippen LogP contribution in [0.5, 0.6) is 0 Å². The van der Waals surface area contributed by atoms with Gasteiger partial charge in [0.1, 0.15) is 11.2 Å². The fourth-order valence-corrected chi connectivity index (χ4v) is 6.18. The van der Waals surface area contributed by atoms with E-state index < -0.39 is 11.2 Å². The molecule has 0 aromatic heterocycles. The summed E-state index contributed by atoms with van der Waals surface area (Å²) >= 11 is 0. The molecule has 0 aliphatic heterocycles. The molecule has 0 saturated heterocycles. The van der Waals surface area contributed by atoms with Crippen LogP contribution in [-0.2, 0) is 0 Å². The van der Waals surface area contributed by atoms with Crippen molar-refractivity contribution in [2.45, 2.75) is 103 Å². The van der Waals surface area contributed by atoms with E-state index in [2.05, 4.69) is 52.5 Å². The maximum Gasteiger partial charge on any atom is 0.109 e. The van der Waals surface area contributed by atoms with Crippen molar-refractivity contribution >= 4 is 0 Å². The van der Waals surface area contributed by atoms with Crippen molar-refractivity contribution in [3.8, 4) is 0 Å². The van der Waals surface area contributed by atoms with Gasteiger partial charge in [-0.2, -0.15) is 0 Å². The summed E-state index contributed by atoms with van der Waals surface area (Å²) in [6, 6.07) is 0. The smallest absolute Gasteiger partial charge is 0.109 e. The predicted octanol–water partition coefficient (Wildman–Crippen LogP) is 5.87. The maximum absolute atomic E-state index is 11.9. The number of aliphatic hydroxyl groups is 3. The van der Waals surface area contributed by atoms with E-state index in [0.29, 0.717) is 24.7 Å². The molecule has 3 aliphatic rings. The molecule has 0 amide bonds. The summed E-state index contributed by atoms with van der Waals surface area (Å²) in [5, 5.41) is 33.5. The number of rotatable bonds is 5. The minimum atomic E-state index is -1.26. The van der Waals surface area contributed by atoms with Crippen molar-refractivity contribution in [3.05, 3.63) is 47.6 Å². The SMILES string of the molecule is C=C1CC[C@H](O)C/C1=C/C=C1\CCC[C@@]2(C)[C@H]1CCC2(O)C(C)(O)/C=C/[C@H](C)C(C)C. The van der Waals surface area contributed by atoms with Crippen molar-refractivity contribution in [1.29, 1.82) is 0 Å². The Morgan fingerprint density at radius 3 is 2.52 bits per heavy atom. The van der Waals surface area contributed by atoms with Gasteiger partial charge in [0.05, 0.1) is 6.10 Å². The molecule has 3 N–H and O–H groups in total. The highest BCUT2D eigenvalue weighted by Gasteiger charge is 2.64. The molecule has 0 heterocycles. The van der Waals surface area contributed by atoms with Gasteiger partial charge in [0.25, 0.3) is 0 Å². The molecule has 0 radical (unpaired) electrons. The zero-order valence-corrected chi connectivity index (χ0v) is 20.3. The Hall–Kier alpha value is -1.16. The second-order valence-corrected chi connectivity index (χ2v) is 11.3. The highest BCUT2D eigenvalue weighted by atomic mass is 16.4. The average molecular weight is 429 g/mol. The summed E-state index contributed by atoms with van der Waals surface area (Å²) in [4.78, 5) is 0. The average Bonchev–Trinajstić information content (AvgIpc) is 2.99. The second-order valence-electron chi connectivity index (χ2n) is 11.3. The van der Waals surface area contributed by atoms with Crippen LogP contribution < -0.4 is 0 Å². The minimum absolute atomic E-state index is 0.265. The van der Waals surface area contributed by atoms with E-state index in [9.17, 15) is 15.3 Å². The molecule has 3 nitrogen and oxygen atoms in total. The van der Waals surface area contributed by atoms with E-state index in [4.69, 9.17) is 0 Å². The van der Waals surface area contributed by atoms with Crippen LogP contribution in [0.15, 0.2) is 47.6 Å². The van der Waals surface area contributed by atoms with Gasteiger partial charge in [0, 0.05) is 5.41 Å². The molecule has 3 heteroatoms. The number of allylic oxidation sites excluding steroid dienone is 5. The molecule has 3 aliphatic carbocycles. The summed E-state index contributed by atoms with van der Waals surface area (Å²) in [5.74, 6) is 1.12. The van der Waals surface area contributed by atoms with Crippen LogP contribution >= 0.6 is 0 Å². The van der Waals surface area contributed by atoms with Crippen LogP contribution in [0.2, 0.25) is 0 Å². The standard InChI is InChI=1S/C28H44O3/c1-19(2)20(3)13-16-27(6,30)28(31)17-14-25-22(8-7-15-26(25,28)5)10-11-23-18-24(29)12-9-21(23)4/h10-11,13,16,19-20,24-25,29-31H,4,7-9,12,14-15,17-18H2,1-3,5-6H3/b16-13+,22-10+,23-11-/t20-,24-,25-,26-,27?,28?/m0/s1. The molecule has 2 unspecified atom stereocenters. The van der Waals surface area contributed by atoms with Crippen LogP contribution in [-0.4, -0.2) is 32.6 Å². The van der Waals surface area contributed by atoms with Crippen LogP contribution in [0.25, 0.3) is 0 Å². The van der Waals surface area contributed by atoms with Gasteiger partial charge in [-0.15, -0.1) is 0 Å². The number of aliphatic hydroxyl groups excluding tert-OH is 1. The molecule has 0 aromatic carbocycles. The maximum atomic E-state index is 11.9. The van der Waals surface area contributed by atoms with Gasteiger partial charge in [-0.1, -0.05) is 69.7 Å². The molecular formula is C28H44O3. The lowest BCUT2D eigenvalue weighted by atomic mass is 9.57. The Bertz CT molecular complexity index is 771. The van der Waals surface area contributed by atoms with Gasteiger partial charge in [-0.3, -0.25) is 0 Å². The Balaban J connectivity index is 1.87. The van der Waals surface area contributed by atoms with E-state index in [0.717, 1.165) is 49.7 Å². The number of fused-ring (bicyclic) bond motifs is 1. The van der Waals surface area contributed by atoms with Crippen molar-refractivity contribution in [2.24, 2.45) is 23.2 Å². The first-order chi connectivity index (χ1) is 14.4. The Morgan fingerprint density at radius 2 is 1.84 bits per heavy atom. The molecule has 0 bridgehead atoms. The van der Waals surface area contributed by atoms with Crippen molar-refractivity contribution in [1.82, 2.24) is 0 Å². The van der Waals surface area contributed by atoms with Crippen molar-refractivity contribution in [3.63, 3.8) is 0 Å². The first kappa shape index (κ1) is 24.5. The zero-order chi connectivity index (χ0) is 23.0. The van der Waals surface area contributed by atoms with Crippen molar-refractivity contribution in [2.75, 3.05) is 0 Å². The third kappa shape index (κ3) is 4.51. The van der Waals surface area contributed by atoms with Gasteiger partial charge < -0.3 is 15.3 Å². The fraction of sp³-hybridized carbons (Fsp3) is 0.714. The Kier molecular flexibility index (Phi) is 7.11. The van der Waals surface area contributed by atoms with Gasteiger partial charge in [0.15, 0.2) is 0 Å². The van der Waals surface area contributed by atoms with Gasteiger partial charge >= 0.3 is 0 Å². The number of hydrogen-bond acceptors (Lipinski definition) is 3. The molecule has 174 valence electrons. The first-order valence-electron chi connectivity index (χ1n) is 12.3. The van der Waals surface area contributed by atoms with E-state index in [1.54, 1.807) is 6.92 Å². The lowest BCUT2D eigenvalue weighted by molar-refractivity contribution is -0.179. The van der Waals surface area contributed by atoms with Gasteiger partial charge in [0.2, 0.25) is 0 Å². The quantitative estimate of drug-likeness (QED) is 0.480. The fourth-order valence-electron chi connectivity index (χ4n) is 6.18. The number of hydrogen-bond donors (Lipinski definition) is 3. The second kappa shape index (κ2) is 9.00. The highest BCUT2D eigenvalue weighted by Crippen LogP contribution is 2.62. The van der Waals surface area contributed by atoms with E-state index in [1.807, 2.05) is 6.08 Å². The summed E-state index contributed by atoms with van der Waals surface area (Å²) < 4.78 is 0. The summed E-state index contributed by atoms with van der Waals surface area (Å²) in [7, 11) is 0. The molecule has 0 spiro atoms. The summed E-state index contributed by atoms with van der Waals surface area (Å²) in [6.45, 7) is 14.7. The zero-order valence-electron chi connectivity index (χ0n) is 20.3. The molecule has 3 rings (SSSR count).